The second kappa shape index (κ2) is 17.3. The number of benzene rings is 10. The second-order valence-electron chi connectivity index (χ2n) is 17.6. The average Bonchev–Trinajstić information content (AvgIpc) is 3.96. The third kappa shape index (κ3) is 7.16. The van der Waals surface area contributed by atoms with Crippen LogP contribution in [0.3, 0.4) is 0 Å². The summed E-state index contributed by atoms with van der Waals surface area (Å²) >= 11 is 0. The van der Waals surface area contributed by atoms with Crippen LogP contribution in [0.2, 0.25) is 0 Å². The molecule has 13 aromatic rings. The fraction of sp³-hybridized carbons (Fsp3) is 0. The Hall–Kier alpha value is -9.45. The second-order valence-corrected chi connectivity index (χ2v) is 17.6. The molecule has 0 amide bonds. The predicted molar refractivity (Wildman–Crippen MR) is 289 cm³/mol. The lowest BCUT2D eigenvalue weighted by Crippen LogP contribution is -2.01. The highest BCUT2D eigenvalue weighted by Gasteiger charge is 2.20. The minimum absolute atomic E-state index is 0.617. The molecular formula is C65H43N5. The van der Waals surface area contributed by atoms with Crippen molar-refractivity contribution < 1.29 is 0 Å². The van der Waals surface area contributed by atoms with Crippen molar-refractivity contribution in [2.75, 3.05) is 0 Å². The van der Waals surface area contributed by atoms with Crippen LogP contribution < -0.4 is 0 Å². The first-order chi connectivity index (χ1) is 34.7. The molecule has 0 saturated heterocycles. The predicted octanol–water partition coefficient (Wildman–Crippen LogP) is 16.1. The van der Waals surface area contributed by atoms with E-state index in [1.54, 1.807) is 0 Å². The first-order valence-electron chi connectivity index (χ1n) is 23.7. The molecule has 5 heteroatoms. The van der Waals surface area contributed by atoms with E-state index in [4.69, 9.17) is 15.0 Å². The van der Waals surface area contributed by atoms with Crippen LogP contribution in [0.1, 0.15) is 22.3 Å². The number of hydrogen-bond donors (Lipinski definition) is 0. The van der Waals surface area contributed by atoms with Crippen molar-refractivity contribution in [3.05, 3.63) is 283 Å². The molecule has 5 nitrogen and oxygen atoms in total. The summed E-state index contributed by atoms with van der Waals surface area (Å²) in [6, 6.07) is 92.6. The number of fused-ring (bicyclic) bond motifs is 6. The molecule has 3 heterocycles. The Morgan fingerprint density at radius 1 is 0.229 bits per heavy atom. The molecule has 0 bridgehead atoms. The lowest BCUT2D eigenvalue weighted by molar-refractivity contribution is 1.07. The largest absolute Gasteiger partial charge is 0.309 e. The van der Waals surface area contributed by atoms with Crippen LogP contribution in [0.4, 0.5) is 0 Å². The van der Waals surface area contributed by atoms with Crippen LogP contribution in [0, 0.1) is 0 Å². The zero-order chi connectivity index (χ0) is 46.4. The topological polar surface area (TPSA) is 48.5 Å². The molecule has 0 aliphatic carbocycles. The van der Waals surface area contributed by atoms with E-state index in [0.29, 0.717) is 17.5 Å². The van der Waals surface area contributed by atoms with Gasteiger partial charge in [-0.2, -0.15) is 0 Å². The molecule has 13 rings (SSSR count). The Balaban J connectivity index is 0.996. The summed E-state index contributed by atoms with van der Waals surface area (Å²) in [5, 5.41) is 4.97. The number of rotatable bonds is 9. The first-order valence-corrected chi connectivity index (χ1v) is 23.7. The van der Waals surface area contributed by atoms with Gasteiger partial charge < -0.3 is 9.13 Å². The van der Waals surface area contributed by atoms with Gasteiger partial charge in [0.25, 0.3) is 0 Å². The van der Waals surface area contributed by atoms with Crippen LogP contribution in [-0.2, 0) is 0 Å². The maximum Gasteiger partial charge on any atom is 0.164 e. The van der Waals surface area contributed by atoms with Crippen molar-refractivity contribution >= 4 is 54.8 Å². The minimum atomic E-state index is 0.617. The molecule has 0 unspecified atom stereocenters. The van der Waals surface area contributed by atoms with Crippen molar-refractivity contribution in [1.29, 1.82) is 0 Å². The summed E-state index contributed by atoms with van der Waals surface area (Å²) in [5.74, 6) is 1.88. The van der Waals surface area contributed by atoms with Gasteiger partial charge in [0.15, 0.2) is 17.5 Å². The van der Waals surface area contributed by atoms with E-state index in [1.165, 1.54) is 43.6 Å². The summed E-state index contributed by atoms with van der Waals surface area (Å²) in [4.78, 5) is 15.1. The maximum absolute atomic E-state index is 5.06. The molecule has 0 aliphatic heterocycles. The lowest BCUT2D eigenvalue weighted by atomic mass is 9.85. The highest BCUT2D eigenvalue weighted by Crippen LogP contribution is 2.40. The van der Waals surface area contributed by atoms with Gasteiger partial charge in [-0.25, -0.2) is 15.0 Å². The van der Waals surface area contributed by atoms with E-state index in [9.17, 15) is 0 Å². The highest BCUT2D eigenvalue weighted by molar-refractivity contribution is 6.11. The van der Waals surface area contributed by atoms with Gasteiger partial charge in [-0.1, -0.05) is 212 Å². The smallest absolute Gasteiger partial charge is 0.164 e. The standard InChI is InChI=1S/C65H43N5/c1-4-18-44(19-5-1)61(45-32-34-50(35-33-45)65-67-63(48-20-6-2-7-21-48)66-64(68-65)49-22-8-3-9-23-49)62(46-36-40-51(41-37-46)69-57-28-14-10-24-53(57)54-25-11-15-29-58(54)69)47-38-42-52(43-39-47)70-59-30-16-12-26-55(59)56-27-13-17-31-60(56)70/h1-43H. The van der Waals surface area contributed by atoms with Crippen LogP contribution in [-0.4, -0.2) is 24.1 Å². The first kappa shape index (κ1) is 40.8. The Morgan fingerprint density at radius 3 is 0.829 bits per heavy atom. The molecule has 0 atom stereocenters. The molecule has 70 heavy (non-hydrogen) atoms. The summed E-state index contributed by atoms with van der Waals surface area (Å²) < 4.78 is 4.76. The van der Waals surface area contributed by atoms with Crippen LogP contribution in [0.15, 0.2) is 261 Å². The summed E-state index contributed by atoms with van der Waals surface area (Å²) in [6.07, 6.45) is 0. The van der Waals surface area contributed by atoms with Gasteiger partial charge in [-0.3, -0.25) is 0 Å². The summed E-state index contributed by atoms with van der Waals surface area (Å²) in [6.45, 7) is 0. The van der Waals surface area contributed by atoms with Gasteiger partial charge in [0.2, 0.25) is 0 Å². The molecule has 0 N–H and O–H groups in total. The van der Waals surface area contributed by atoms with Crippen LogP contribution >= 0.6 is 0 Å². The molecule has 3 aromatic heterocycles. The van der Waals surface area contributed by atoms with Gasteiger partial charge in [-0.15, -0.1) is 0 Å². The quantitative estimate of drug-likeness (QED) is 0.136. The normalized spacial score (nSPS) is 11.4. The van der Waals surface area contributed by atoms with E-state index in [2.05, 4.69) is 209 Å². The van der Waals surface area contributed by atoms with Crippen LogP contribution in [0.25, 0.3) is 100 Å². The molecule has 10 aromatic carbocycles. The zero-order valence-corrected chi connectivity index (χ0v) is 38.1. The van der Waals surface area contributed by atoms with E-state index in [0.717, 1.165) is 61.5 Å². The van der Waals surface area contributed by atoms with Gasteiger partial charge in [0, 0.05) is 49.6 Å². The molecule has 0 aliphatic rings. The van der Waals surface area contributed by atoms with Gasteiger partial charge >= 0.3 is 0 Å². The van der Waals surface area contributed by atoms with Crippen molar-refractivity contribution in [2.45, 2.75) is 0 Å². The Bertz CT molecular complexity index is 3730. The molecule has 0 fully saturated rings. The Kier molecular flexibility index (Phi) is 10.1. The highest BCUT2D eigenvalue weighted by atomic mass is 15.0. The van der Waals surface area contributed by atoms with Crippen LogP contribution in [0.5, 0.6) is 0 Å². The van der Waals surface area contributed by atoms with Gasteiger partial charge in [0.1, 0.15) is 0 Å². The Morgan fingerprint density at radius 2 is 0.486 bits per heavy atom. The fourth-order valence-corrected chi connectivity index (χ4v) is 10.2. The Labute approximate surface area is 405 Å². The number of para-hydroxylation sites is 4. The number of nitrogens with zero attached hydrogens (tertiary/aromatic N) is 5. The van der Waals surface area contributed by atoms with Gasteiger partial charge in [0.05, 0.1) is 22.1 Å². The summed E-state index contributed by atoms with van der Waals surface area (Å²) in [5.41, 5.74) is 16.4. The molecule has 0 spiro atoms. The average molecular weight is 894 g/mol. The van der Waals surface area contributed by atoms with E-state index >= 15 is 0 Å². The van der Waals surface area contributed by atoms with E-state index in [1.807, 2.05) is 60.7 Å². The van der Waals surface area contributed by atoms with Crippen molar-refractivity contribution in [3.63, 3.8) is 0 Å². The molecule has 328 valence electrons. The number of hydrogen-bond acceptors (Lipinski definition) is 3. The molecule has 0 saturated carbocycles. The van der Waals surface area contributed by atoms with Gasteiger partial charge in [-0.05, 0) is 81.9 Å². The SMILES string of the molecule is c1ccc(C(=C(c2ccc(-n3c4ccccc4c4ccccc43)cc2)c2ccc(-n3c4ccccc4c4ccccc43)cc2)c2ccc(-c3nc(-c4ccccc4)nc(-c4ccccc4)n3)cc2)cc1. The molecule has 0 radical (unpaired) electrons. The maximum atomic E-state index is 5.06. The molecular weight excluding hydrogens is 851 g/mol. The minimum Gasteiger partial charge on any atom is -0.309 e. The van der Waals surface area contributed by atoms with E-state index in [-0.39, 0.29) is 0 Å². The van der Waals surface area contributed by atoms with Crippen molar-refractivity contribution in [2.24, 2.45) is 0 Å². The monoisotopic (exact) mass is 893 g/mol. The fourth-order valence-electron chi connectivity index (χ4n) is 10.2. The zero-order valence-electron chi connectivity index (χ0n) is 38.1. The third-order valence-corrected chi connectivity index (χ3v) is 13.4. The van der Waals surface area contributed by atoms with E-state index < -0.39 is 0 Å². The third-order valence-electron chi connectivity index (χ3n) is 13.4. The number of aromatic nitrogens is 5. The van der Waals surface area contributed by atoms with Crippen molar-refractivity contribution in [3.8, 4) is 45.5 Å². The lowest BCUT2D eigenvalue weighted by Gasteiger charge is -2.19. The van der Waals surface area contributed by atoms with Crippen molar-refractivity contribution in [1.82, 2.24) is 24.1 Å². The summed E-state index contributed by atoms with van der Waals surface area (Å²) in [7, 11) is 0.